The molecule has 2 aromatic rings. The number of rotatable bonds is 12. The number of hydrogen-bond donors (Lipinski definition) is 7. The van der Waals surface area contributed by atoms with E-state index in [2.05, 4.69) is 28.6 Å². The lowest BCUT2D eigenvalue weighted by atomic mass is 10.0. The lowest BCUT2D eigenvalue weighted by molar-refractivity contribution is -0.141. The predicted molar refractivity (Wildman–Crippen MR) is 133 cm³/mol. The van der Waals surface area contributed by atoms with Crippen LogP contribution in [0.1, 0.15) is 18.1 Å². The summed E-state index contributed by atoms with van der Waals surface area (Å²) in [5.41, 5.74) is 7.47. The highest BCUT2D eigenvalue weighted by Crippen LogP contribution is 2.12. The molecule has 0 saturated heterocycles. The van der Waals surface area contributed by atoms with E-state index in [9.17, 15) is 24.3 Å². The molecule has 0 heterocycles. The molecule has 0 saturated carbocycles. The Labute approximate surface area is 208 Å². The number of phenolic OH excluding ortho intramolecular Hbond substituents is 1. The molecule has 2 rings (SSSR count). The van der Waals surface area contributed by atoms with Gasteiger partial charge in [0.05, 0.1) is 6.04 Å². The van der Waals surface area contributed by atoms with Crippen LogP contribution in [0.3, 0.4) is 0 Å². The monoisotopic (exact) mass is 502 g/mol. The number of nitrogens with one attached hydrogen (secondary N) is 3. The van der Waals surface area contributed by atoms with E-state index in [-0.39, 0.29) is 24.3 Å². The molecule has 3 amide bonds. The Bertz CT molecular complexity index is 1020. The minimum absolute atomic E-state index is 0.0188. The highest BCUT2D eigenvalue weighted by Gasteiger charge is 2.29. The summed E-state index contributed by atoms with van der Waals surface area (Å²) in [4.78, 5) is 49.4. The van der Waals surface area contributed by atoms with Crippen LogP contribution < -0.4 is 21.7 Å². The lowest BCUT2D eigenvalue weighted by Crippen LogP contribution is -2.58. The summed E-state index contributed by atoms with van der Waals surface area (Å²) in [6.07, 6.45) is 0.289. The molecule has 188 valence electrons. The number of aliphatic carboxylic acids is 1. The molecule has 7 N–H and O–H groups in total. The van der Waals surface area contributed by atoms with Crippen LogP contribution in [0.25, 0.3) is 0 Å². The Kier molecular flexibility index (Phi) is 10.6. The fraction of sp³-hybridized carbons (Fsp3) is 0.333. The van der Waals surface area contributed by atoms with Gasteiger partial charge in [-0.25, -0.2) is 0 Å². The van der Waals surface area contributed by atoms with Gasteiger partial charge < -0.3 is 31.9 Å². The van der Waals surface area contributed by atoms with Crippen molar-refractivity contribution in [3.63, 3.8) is 0 Å². The third kappa shape index (κ3) is 8.95. The molecule has 0 bridgehead atoms. The van der Waals surface area contributed by atoms with E-state index in [1.807, 2.05) is 30.3 Å². The Morgan fingerprint density at radius 3 is 1.94 bits per heavy atom. The number of benzene rings is 2. The van der Waals surface area contributed by atoms with Crippen molar-refractivity contribution in [2.75, 3.05) is 5.75 Å². The summed E-state index contributed by atoms with van der Waals surface area (Å²) in [6, 6.07) is 10.9. The van der Waals surface area contributed by atoms with E-state index in [1.165, 1.54) is 19.1 Å². The number of aromatic hydroxyl groups is 1. The summed E-state index contributed by atoms with van der Waals surface area (Å²) < 4.78 is 0. The van der Waals surface area contributed by atoms with Crippen molar-refractivity contribution < 1.29 is 29.4 Å². The van der Waals surface area contributed by atoms with Crippen LogP contribution in [0.4, 0.5) is 0 Å². The minimum atomic E-state index is -1.24. The van der Waals surface area contributed by atoms with E-state index in [0.717, 1.165) is 5.56 Å². The number of thiol groups is 1. The molecule has 35 heavy (non-hydrogen) atoms. The van der Waals surface area contributed by atoms with Gasteiger partial charge >= 0.3 is 5.97 Å². The SMILES string of the molecule is CC(NC(=O)C(Cc1ccc(O)cc1)NC(=O)C(CS)NC(=O)C(N)Cc1ccccc1)C(=O)O. The second-order valence-electron chi connectivity index (χ2n) is 8.04. The molecule has 0 aliphatic rings. The summed E-state index contributed by atoms with van der Waals surface area (Å²) in [5, 5.41) is 26.0. The summed E-state index contributed by atoms with van der Waals surface area (Å²) >= 11 is 4.14. The predicted octanol–water partition coefficient (Wildman–Crippen LogP) is -0.00660. The molecule has 11 heteroatoms. The number of amides is 3. The third-order valence-electron chi connectivity index (χ3n) is 5.19. The molecule has 2 aromatic carbocycles. The summed E-state index contributed by atoms with van der Waals surface area (Å²) in [5.74, 6) is -3.21. The van der Waals surface area contributed by atoms with Crippen LogP contribution in [0.15, 0.2) is 54.6 Å². The fourth-order valence-corrected chi connectivity index (χ4v) is 3.42. The molecule has 4 unspecified atom stereocenters. The van der Waals surface area contributed by atoms with Gasteiger partial charge in [0, 0.05) is 12.2 Å². The quantitative estimate of drug-likeness (QED) is 0.200. The van der Waals surface area contributed by atoms with Gasteiger partial charge in [0.1, 0.15) is 23.9 Å². The van der Waals surface area contributed by atoms with Gasteiger partial charge in [0.25, 0.3) is 0 Å². The first-order valence-corrected chi connectivity index (χ1v) is 11.6. The summed E-state index contributed by atoms with van der Waals surface area (Å²) in [6.45, 7) is 1.30. The topological polar surface area (TPSA) is 171 Å². The maximum atomic E-state index is 12.9. The molecule has 0 fully saturated rings. The average Bonchev–Trinajstić information content (AvgIpc) is 2.83. The number of carbonyl (C=O) groups is 4. The van der Waals surface area contributed by atoms with Crippen molar-refractivity contribution in [1.29, 1.82) is 0 Å². The van der Waals surface area contributed by atoms with Gasteiger partial charge in [-0.05, 0) is 36.6 Å². The standard InChI is InChI=1S/C24H30N4O6S/c1-14(24(33)34)26-22(31)19(12-16-7-9-17(29)10-8-16)27-23(32)20(13-35)28-21(30)18(25)11-15-5-3-2-4-6-15/h2-10,14,18-20,29,35H,11-13,25H2,1H3,(H,26,31)(H,27,32)(H,28,30)(H,33,34). The molecule has 0 spiro atoms. The van der Waals surface area contributed by atoms with E-state index in [0.29, 0.717) is 5.56 Å². The Hall–Kier alpha value is -3.57. The van der Waals surface area contributed by atoms with Gasteiger partial charge in [-0.15, -0.1) is 0 Å². The van der Waals surface area contributed by atoms with Crippen molar-refractivity contribution in [3.05, 3.63) is 65.7 Å². The average molecular weight is 503 g/mol. The molecule has 0 radical (unpaired) electrons. The zero-order valence-electron chi connectivity index (χ0n) is 19.2. The molecule has 10 nitrogen and oxygen atoms in total. The van der Waals surface area contributed by atoms with Crippen LogP contribution in [0.5, 0.6) is 5.75 Å². The number of hydrogen-bond acceptors (Lipinski definition) is 7. The Morgan fingerprint density at radius 1 is 0.829 bits per heavy atom. The number of carboxylic acids is 1. The van der Waals surface area contributed by atoms with E-state index < -0.39 is 47.9 Å². The zero-order valence-corrected chi connectivity index (χ0v) is 20.1. The van der Waals surface area contributed by atoms with Crippen molar-refractivity contribution in [1.82, 2.24) is 16.0 Å². The first-order valence-electron chi connectivity index (χ1n) is 10.9. The van der Waals surface area contributed by atoms with Crippen LogP contribution in [-0.2, 0) is 32.0 Å². The van der Waals surface area contributed by atoms with Crippen molar-refractivity contribution >= 4 is 36.3 Å². The maximum absolute atomic E-state index is 12.9. The Morgan fingerprint density at radius 2 is 1.37 bits per heavy atom. The van der Waals surface area contributed by atoms with E-state index in [1.54, 1.807) is 12.1 Å². The van der Waals surface area contributed by atoms with Crippen LogP contribution in [-0.4, -0.2) is 63.8 Å². The van der Waals surface area contributed by atoms with E-state index in [4.69, 9.17) is 10.8 Å². The van der Waals surface area contributed by atoms with Gasteiger partial charge in [0.15, 0.2) is 0 Å². The third-order valence-corrected chi connectivity index (χ3v) is 5.55. The number of carboxylic acid groups (broad SMARTS) is 1. The second kappa shape index (κ2) is 13.4. The first kappa shape index (κ1) is 27.7. The van der Waals surface area contributed by atoms with Crippen molar-refractivity contribution in [2.45, 2.75) is 43.9 Å². The largest absolute Gasteiger partial charge is 0.508 e. The van der Waals surface area contributed by atoms with Gasteiger partial charge in [-0.1, -0.05) is 42.5 Å². The number of nitrogens with two attached hydrogens (primary N) is 1. The molecule has 0 aliphatic heterocycles. The van der Waals surface area contributed by atoms with Gasteiger partial charge in [-0.2, -0.15) is 12.6 Å². The lowest BCUT2D eigenvalue weighted by Gasteiger charge is -2.24. The maximum Gasteiger partial charge on any atom is 0.325 e. The molecule has 4 atom stereocenters. The number of carbonyl (C=O) groups excluding carboxylic acids is 3. The fourth-order valence-electron chi connectivity index (χ4n) is 3.16. The first-order chi connectivity index (χ1) is 16.6. The van der Waals surface area contributed by atoms with Crippen LogP contribution in [0.2, 0.25) is 0 Å². The number of phenols is 1. The molecular weight excluding hydrogens is 472 g/mol. The van der Waals surface area contributed by atoms with Crippen molar-refractivity contribution in [3.8, 4) is 5.75 Å². The minimum Gasteiger partial charge on any atom is -0.508 e. The Balaban J connectivity index is 2.09. The molecule has 0 aliphatic carbocycles. The van der Waals surface area contributed by atoms with Crippen LogP contribution >= 0.6 is 12.6 Å². The second-order valence-corrected chi connectivity index (χ2v) is 8.41. The van der Waals surface area contributed by atoms with Gasteiger partial charge in [-0.3, -0.25) is 19.2 Å². The van der Waals surface area contributed by atoms with Gasteiger partial charge in [0.2, 0.25) is 17.7 Å². The normalized spacial score (nSPS) is 14.1. The molecular formula is C24H30N4O6S. The highest BCUT2D eigenvalue weighted by atomic mass is 32.1. The zero-order chi connectivity index (χ0) is 26.0. The van der Waals surface area contributed by atoms with E-state index >= 15 is 0 Å². The van der Waals surface area contributed by atoms with Crippen LogP contribution in [0, 0.1) is 0 Å². The summed E-state index contributed by atoms with van der Waals surface area (Å²) in [7, 11) is 0. The molecule has 0 aromatic heterocycles. The van der Waals surface area contributed by atoms with Crippen molar-refractivity contribution in [2.24, 2.45) is 5.73 Å². The smallest absolute Gasteiger partial charge is 0.325 e. The highest BCUT2D eigenvalue weighted by molar-refractivity contribution is 7.80.